The molecular formula is C15H22O4S. The van der Waals surface area contributed by atoms with Crippen LogP contribution in [0.5, 0.6) is 5.75 Å². The van der Waals surface area contributed by atoms with E-state index in [4.69, 9.17) is 4.74 Å². The van der Waals surface area contributed by atoms with E-state index in [1.54, 1.807) is 7.11 Å². The standard InChI is InChI=1S/C15H22O4S/c1-10-4-5-13(15(19-3)11(10)2)14(16)8-12-6-7-20(17,18)9-12/h4-5,12,14,16H,6-9H2,1-3H3. The van der Waals surface area contributed by atoms with Crippen molar-refractivity contribution < 1.29 is 18.3 Å². The summed E-state index contributed by atoms with van der Waals surface area (Å²) in [6, 6.07) is 3.83. The molecular weight excluding hydrogens is 276 g/mol. The zero-order valence-electron chi connectivity index (χ0n) is 12.2. The minimum absolute atomic E-state index is 0.0429. The van der Waals surface area contributed by atoms with E-state index in [9.17, 15) is 13.5 Å². The summed E-state index contributed by atoms with van der Waals surface area (Å²) >= 11 is 0. The number of aliphatic hydroxyl groups excluding tert-OH is 1. The summed E-state index contributed by atoms with van der Waals surface area (Å²) in [7, 11) is -1.30. The van der Waals surface area contributed by atoms with Crippen LogP contribution in [0.15, 0.2) is 12.1 Å². The topological polar surface area (TPSA) is 63.6 Å². The summed E-state index contributed by atoms with van der Waals surface area (Å²) in [5.41, 5.74) is 2.88. The Balaban J connectivity index is 2.18. The van der Waals surface area contributed by atoms with Gasteiger partial charge in [0.1, 0.15) is 5.75 Å². The fraction of sp³-hybridized carbons (Fsp3) is 0.600. The number of ether oxygens (including phenoxy) is 1. The van der Waals surface area contributed by atoms with Gasteiger partial charge in [-0.25, -0.2) is 8.42 Å². The van der Waals surface area contributed by atoms with Crippen LogP contribution in [-0.4, -0.2) is 32.1 Å². The number of rotatable bonds is 4. The molecule has 1 saturated heterocycles. The third-order valence-electron chi connectivity index (χ3n) is 4.15. The van der Waals surface area contributed by atoms with Crippen LogP contribution in [0.2, 0.25) is 0 Å². The van der Waals surface area contributed by atoms with E-state index in [0.29, 0.717) is 18.6 Å². The van der Waals surface area contributed by atoms with Crippen molar-refractivity contribution in [2.45, 2.75) is 32.8 Å². The maximum absolute atomic E-state index is 11.5. The minimum atomic E-state index is -2.90. The van der Waals surface area contributed by atoms with Gasteiger partial charge in [0.15, 0.2) is 9.84 Å². The molecule has 0 bridgehead atoms. The summed E-state index contributed by atoms with van der Waals surface area (Å²) in [4.78, 5) is 0. The van der Waals surface area contributed by atoms with Crippen LogP contribution in [0.4, 0.5) is 0 Å². The molecule has 5 heteroatoms. The Labute approximate surface area is 120 Å². The fourth-order valence-electron chi connectivity index (χ4n) is 2.85. The highest BCUT2D eigenvalue weighted by molar-refractivity contribution is 7.91. The van der Waals surface area contributed by atoms with Gasteiger partial charge in [0.25, 0.3) is 0 Å². The van der Waals surface area contributed by atoms with Crippen LogP contribution in [-0.2, 0) is 9.84 Å². The SMILES string of the molecule is COc1c(C(O)CC2CCS(=O)(=O)C2)ccc(C)c1C. The molecule has 0 amide bonds. The second-order valence-corrected chi connectivity index (χ2v) is 7.88. The predicted molar refractivity (Wildman–Crippen MR) is 78.8 cm³/mol. The van der Waals surface area contributed by atoms with Crippen LogP contribution in [0, 0.1) is 19.8 Å². The van der Waals surface area contributed by atoms with E-state index in [2.05, 4.69) is 0 Å². The van der Waals surface area contributed by atoms with Crippen molar-refractivity contribution in [2.24, 2.45) is 5.92 Å². The molecule has 2 rings (SSSR count). The van der Waals surface area contributed by atoms with E-state index in [-0.39, 0.29) is 17.4 Å². The quantitative estimate of drug-likeness (QED) is 0.925. The molecule has 2 atom stereocenters. The van der Waals surface area contributed by atoms with Crippen molar-refractivity contribution >= 4 is 9.84 Å². The van der Waals surface area contributed by atoms with Gasteiger partial charge in [-0.1, -0.05) is 12.1 Å². The highest BCUT2D eigenvalue weighted by Crippen LogP contribution is 2.35. The van der Waals surface area contributed by atoms with Gasteiger partial charge in [0.2, 0.25) is 0 Å². The maximum atomic E-state index is 11.5. The number of hydrogen-bond donors (Lipinski definition) is 1. The van der Waals surface area contributed by atoms with Gasteiger partial charge < -0.3 is 9.84 Å². The Kier molecular flexibility index (Phi) is 4.39. The molecule has 4 nitrogen and oxygen atoms in total. The Morgan fingerprint density at radius 2 is 2.10 bits per heavy atom. The summed E-state index contributed by atoms with van der Waals surface area (Å²) in [6.45, 7) is 3.96. The third-order valence-corrected chi connectivity index (χ3v) is 5.99. The smallest absolute Gasteiger partial charge is 0.150 e. The maximum Gasteiger partial charge on any atom is 0.150 e. The fourth-order valence-corrected chi connectivity index (χ4v) is 4.73. The molecule has 0 spiro atoms. The summed E-state index contributed by atoms with van der Waals surface area (Å²) in [6.07, 6.45) is 0.438. The highest BCUT2D eigenvalue weighted by Gasteiger charge is 2.30. The van der Waals surface area contributed by atoms with Crippen LogP contribution < -0.4 is 4.74 Å². The lowest BCUT2D eigenvalue weighted by molar-refractivity contribution is 0.145. The van der Waals surface area contributed by atoms with Gasteiger partial charge >= 0.3 is 0 Å². The first-order chi connectivity index (χ1) is 9.34. The number of hydrogen-bond acceptors (Lipinski definition) is 4. The van der Waals surface area contributed by atoms with Gasteiger partial charge in [-0.15, -0.1) is 0 Å². The number of methoxy groups -OCH3 is 1. The minimum Gasteiger partial charge on any atom is -0.496 e. The van der Waals surface area contributed by atoms with E-state index in [1.165, 1.54) is 0 Å². The molecule has 2 unspecified atom stereocenters. The lowest BCUT2D eigenvalue weighted by Gasteiger charge is -2.20. The second kappa shape index (κ2) is 5.74. The van der Waals surface area contributed by atoms with Crippen LogP contribution in [0.1, 0.15) is 35.6 Å². The van der Waals surface area contributed by atoms with Gasteiger partial charge in [0.05, 0.1) is 24.7 Å². The normalized spacial score (nSPS) is 22.7. The zero-order valence-corrected chi connectivity index (χ0v) is 13.0. The monoisotopic (exact) mass is 298 g/mol. The molecule has 1 aliphatic rings. The Morgan fingerprint density at radius 1 is 1.40 bits per heavy atom. The van der Waals surface area contributed by atoms with Crippen molar-refractivity contribution in [3.63, 3.8) is 0 Å². The lowest BCUT2D eigenvalue weighted by atomic mass is 9.93. The molecule has 1 aliphatic heterocycles. The summed E-state index contributed by atoms with van der Waals surface area (Å²) in [5, 5.41) is 10.4. The largest absolute Gasteiger partial charge is 0.496 e. The summed E-state index contributed by atoms with van der Waals surface area (Å²) in [5.74, 6) is 1.19. The van der Waals surface area contributed by atoms with E-state index in [0.717, 1.165) is 16.7 Å². The first-order valence-corrected chi connectivity index (χ1v) is 8.68. The van der Waals surface area contributed by atoms with Crippen LogP contribution in [0.3, 0.4) is 0 Å². The third kappa shape index (κ3) is 3.15. The molecule has 1 aromatic rings. The first kappa shape index (κ1) is 15.3. The lowest BCUT2D eigenvalue weighted by Crippen LogP contribution is -2.11. The average molecular weight is 298 g/mol. The van der Waals surface area contributed by atoms with Gasteiger partial charge in [0, 0.05) is 5.56 Å². The molecule has 0 aromatic heterocycles. The van der Waals surface area contributed by atoms with E-state index >= 15 is 0 Å². The molecule has 112 valence electrons. The second-order valence-electron chi connectivity index (χ2n) is 5.65. The highest BCUT2D eigenvalue weighted by atomic mass is 32.2. The molecule has 1 N–H and O–H groups in total. The number of aliphatic hydroxyl groups is 1. The van der Waals surface area contributed by atoms with Gasteiger partial charge in [-0.3, -0.25) is 0 Å². The van der Waals surface area contributed by atoms with Crippen molar-refractivity contribution in [2.75, 3.05) is 18.6 Å². The van der Waals surface area contributed by atoms with Crippen molar-refractivity contribution in [1.29, 1.82) is 0 Å². The van der Waals surface area contributed by atoms with Crippen molar-refractivity contribution in [1.82, 2.24) is 0 Å². The Bertz CT molecular complexity index is 592. The molecule has 1 aromatic carbocycles. The van der Waals surface area contributed by atoms with E-state index in [1.807, 2.05) is 26.0 Å². The molecule has 20 heavy (non-hydrogen) atoms. The van der Waals surface area contributed by atoms with Crippen molar-refractivity contribution in [3.8, 4) is 5.75 Å². The first-order valence-electron chi connectivity index (χ1n) is 6.86. The van der Waals surface area contributed by atoms with Gasteiger partial charge in [-0.2, -0.15) is 0 Å². The zero-order chi connectivity index (χ0) is 14.9. The van der Waals surface area contributed by atoms with Crippen LogP contribution >= 0.6 is 0 Å². The molecule has 0 radical (unpaired) electrons. The number of sulfone groups is 1. The number of aryl methyl sites for hydroxylation is 1. The predicted octanol–water partition coefficient (Wildman–Crippen LogP) is 2.17. The van der Waals surface area contributed by atoms with Gasteiger partial charge in [-0.05, 0) is 43.7 Å². The number of benzene rings is 1. The van der Waals surface area contributed by atoms with Crippen molar-refractivity contribution in [3.05, 3.63) is 28.8 Å². The Morgan fingerprint density at radius 3 is 2.65 bits per heavy atom. The Hall–Kier alpha value is -1.07. The molecule has 1 heterocycles. The van der Waals surface area contributed by atoms with Crippen LogP contribution in [0.25, 0.3) is 0 Å². The summed E-state index contributed by atoms with van der Waals surface area (Å²) < 4.78 is 28.4. The average Bonchev–Trinajstić information content (AvgIpc) is 2.71. The molecule has 1 fully saturated rings. The molecule has 0 saturated carbocycles. The molecule has 0 aliphatic carbocycles. The van der Waals surface area contributed by atoms with E-state index < -0.39 is 15.9 Å².